The van der Waals surface area contributed by atoms with E-state index in [9.17, 15) is 22.0 Å². The third kappa shape index (κ3) is 2.28. The summed E-state index contributed by atoms with van der Waals surface area (Å²) in [5.74, 6) is -0.366. The Morgan fingerprint density at radius 3 is 1.69 bits per heavy atom. The molecule has 0 fully saturated rings. The van der Waals surface area contributed by atoms with Gasteiger partial charge < -0.3 is 4.84 Å². The Labute approximate surface area is 71.8 Å². The third-order valence-corrected chi connectivity index (χ3v) is 1.65. The molecule has 0 aliphatic heterocycles. The first-order valence-electron chi connectivity index (χ1n) is 3.32. The van der Waals surface area contributed by atoms with Gasteiger partial charge in [-0.3, -0.25) is 0 Å². The zero-order valence-electron chi connectivity index (χ0n) is 7.08. The number of rotatable bonds is 3. The maximum Gasteiger partial charge on any atom is 0.453 e. The monoisotopic (exact) mass is 207 g/mol. The Kier molecular flexibility index (Phi) is 3.26. The first-order valence-corrected chi connectivity index (χ1v) is 3.32. The van der Waals surface area contributed by atoms with E-state index in [0.29, 0.717) is 0 Å². The van der Waals surface area contributed by atoms with E-state index in [1.807, 2.05) is 0 Å². The quantitative estimate of drug-likeness (QED) is 0.568. The molecule has 0 amide bonds. The molecule has 0 bridgehead atoms. The van der Waals surface area contributed by atoms with Gasteiger partial charge in [-0.25, -0.2) is 5.90 Å². The Bertz CT molecular complexity index is 176. The molecule has 7 heteroatoms. The van der Waals surface area contributed by atoms with Crippen LogP contribution in [0.3, 0.4) is 0 Å². The van der Waals surface area contributed by atoms with Crippen LogP contribution in [0.1, 0.15) is 13.8 Å². The average molecular weight is 207 g/mol. The minimum absolute atomic E-state index is 0.730. The van der Waals surface area contributed by atoms with E-state index in [4.69, 9.17) is 0 Å². The Balaban J connectivity index is 4.81. The fourth-order valence-electron chi connectivity index (χ4n) is 0.683. The molecule has 0 aromatic carbocycles. The third-order valence-electron chi connectivity index (χ3n) is 1.65. The molecule has 0 aromatic heterocycles. The molecule has 0 unspecified atom stereocenters. The van der Waals surface area contributed by atoms with Crippen molar-refractivity contribution in [2.75, 3.05) is 6.61 Å². The van der Waals surface area contributed by atoms with Gasteiger partial charge in [-0.2, -0.15) is 22.0 Å². The maximum absolute atomic E-state index is 12.6. The zero-order valence-corrected chi connectivity index (χ0v) is 7.08. The highest BCUT2D eigenvalue weighted by molar-refractivity contribution is 4.90. The number of hydrogen-bond acceptors (Lipinski definition) is 2. The van der Waals surface area contributed by atoms with Crippen LogP contribution >= 0.6 is 0 Å². The van der Waals surface area contributed by atoms with Crippen molar-refractivity contribution in [1.82, 2.24) is 0 Å². The molecule has 0 aliphatic carbocycles. The predicted molar refractivity (Wildman–Crippen MR) is 34.9 cm³/mol. The molecule has 0 spiro atoms. The van der Waals surface area contributed by atoms with Gasteiger partial charge in [-0.05, 0) is 0 Å². The van der Waals surface area contributed by atoms with Gasteiger partial charge in [0.2, 0.25) is 0 Å². The fraction of sp³-hybridized carbons (Fsp3) is 1.00. The molecule has 0 heterocycles. The molecule has 13 heavy (non-hydrogen) atoms. The zero-order chi connectivity index (χ0) is 10.9. The SMILES string of the molecule is CC(C)(CON)C(F)(F)C(F)(F)F. The first kappa shape index (κ1) is 12.6. The summed E-state index contributed by atoms with van der Waals surface area (Å²) in [6.45, 7) is 0.584. The summed E-state index contributed by atoms with van der Waals surface area (Å²) in [4.78, 5) is 3.81. The van der Waals surface area contributed by atoms with Crippen molar-refractivity contribution >= 4 is 0 Å². The van der Waals surface area contributed by atoms with Crippen LogP contribution in [-0.4, -0.2) is 18.7 Å². The largest absolute Gasteiger partial charge is 0.453 e. The van der Waals surface area contributed by atoms with Crippen LogP contribution in [-0.2, 0) is 4.84 Å². The van der Waals surface area contributed by atoms with Crippen LogP contribution in [0.5, 0.6) is 0 Å². The summed E-state index contributed by atoms with van der Waals surface area (Å²) in [6.07, 6.45) is -5.59. The lowest BCUT2D eigenvalue weighted by atomic mass is 9.86. The summed E-state index contributed by atoms with van der Waals surface area (Å²) in [7, 11) is 0. The van der Waals surface area contributed by atoms with Gasteiger partial charge in [-0.15, -0.1) is 0 Å². The number of hydrogen-bond donors (Lipinski definition) is 1. The van der Waals surface area contributed by atoms with Gasteiger partial charge in [0.25, 0.3) is 0 Å². The van der Waals surface area contributed by atoms with Crippen LogP contribution in [0.15, 0.2) is 0 Å². The molecule has 0 rings (SSSR count). The van der Waals surface area contributed by atoms with Crippen molar-refractivity contribution in [3.05, 3.63) is 0 Å². The second kappa shape index (κ2) is 3.38. The molecule has 2 N–H and O–H groups in total. The topological polar surface area (TPSA) is 35.2 Å². The van der Waals surface area contributed by atoms with Gasteiger partial charge in [-0.1, -0.05) is 13.8 Å². The lowest BCUT2D eigenvalue weighted by molar-refractivity contribution is -0.326. The van der Waals surface area contributed by atoms with E-state index in [1.54, 1.807) is 0 Å². The van der Waals surface area contributed by atoms with E-state index in [-0.39, 0.29) is 0 Å². The summed E-state index contributed by atoms with van der Waals surface area (Å²) in [5.41, 5.74) is -2.38. The summed E-state index contributed by atoms with van der Waals surface area (Å²) >= 11 is 0. The van der Waals surface area contributed by atoms with Gasteiger partial charge in [0.1, 0.15) is 0 Å². The molecule has 0 saturated carbocycles. The first-order chi connectivity index (χ1) is 5.56. The van der Waals surface area contributed by atoms with Gasteiger partial charge in [0.05, 0.1) is 12.0 Å². The smallest absolute Gasteiger partial charge is 0.304 e. The minimum Gasteiger partial charge on any atom is -0.304 e. The van der Waals surface area contributed by atoms with Crippen LogP contribution in [0.2, 0.25) is 0 Å². The van der Waals surface area contributed by atoms with Crippen molar-refractivity contribution in [2.45, 2.75) is 25.9 Å². The van der Waals surface area contributed by atoms with Crippen molar-refractivity contribution in [1.29, 1.82) is 0 Å². The summed E-state index contributed by atoms with van der Waals surface area (Å²) < 4.78 is 60.7. The average Bonchev–Trinajstić information content (AvgIpc) is 1.84. The highest BCUT2D eigenvalue weighted by Crippen LogP contribution is 2.47. The molecule has 2 nitrogen and oxygen atoms in total. The minimum atomic E-state index is -5.59. The lowest BCUT2D eigenvalue weighted by Gasteiger charge is -2.33. The molecule has 0 radical (unpaired) electrons. The number of nitrogens with two attached hydrogens (primary N) is 1. The van der Waals surface area contributed by atoms with E-state index < -0.39 is 24.1 Å². The molecule has 0 aliphatic rings. The Morgan fingerprint density at radius 2 is 1.46 bits per heavy atom. The maximum atomic E-state index is 12.6. The van der Waals surface area contributed by atoms with E-state index >= 15 is 0 Å². The predicted octanol–water partition coefficient (Wildman–Crippen LogP) is 2.10. The van der Waals surface area contributed by atoms with Gasteiger partial charge in [0, 0.05) is 0 Å². The molecule has 80 valence electrons. The van der Waals surface area contributed by atoms with Crippen molar-refractivity contribution in [3.8, 4) is 0 Å². The van der Waals surface area contributed by atoms with Gasteiger partial charge >= 0.3 is 12.1 Å². The van der Waals surface area contributed by atoms with Crippen LogP contribution in [0.25, 0.3) is 0 Å². The standard InChI is InChI=1S/C6H10F5NO/c1-4(2,3-13-12)5(7,8)6(9,10)11/h3,12H2,1-2H3. The molecular formula is C6H10F5NO. The highest BCUT2D eigenvalue weighted by Gasteiger charge is 2.66. The molecule has 0 atom stereocenters. The van der Waals surface area contributed by atoms with Crippen molar-refractivity contribution in [2.24, 2.45) is 11.3 Å². The number of halogens is 5. The van der Waals surface area contributed by atoms with Crippen molar-refractivity contribution in [3.63, 3.8) is 0 Å². The van der Waals surface area contributed by atoms with Crippen LogP contribution in [0.4, 0.5) is 22.0 Å². The summed E-state index contributed by atoms with van der Waals surface area (Å²) in [6, 6.07) is 0. The van der Waals surface area contributed by atoms with Gasteiger partial charge in [0.15, 0.2) is 0 Å². The molecule has 0 saturated heterocycles. The number of alkyl halides is 5. The van der Waals surface area contributed by atoms with Crippen molar-refractivity contribution < 1.29 is 26.8 Å². The molecule has 0 aromatic rings. The highest BCUT2D eigenvalue weighted by atomic mass is 19.4. The normalized spacial score (nSPS) is 14.8. The fourth-order valence-corrected chi connectivity index (χ4v) is 0.683. The van der Waals surface area contributed by atoms with E-state index in [0.717, 1.165) is 13.8 Å². The van der Waals surface area contributed by atoms with Crippen LogP contribution in [0, 0.1) is 5.41 Å². The Hall–Kier alpha value is -0.430. The van der Waals surface area contributed by atoms with E-state index in [2.05, 4.69) is 10.7 Å². The Morgan fingerprint density at radius 1 is 1.08 bits per heavy atom. The molecular weight excluding hydrogens is 197 g/mol. The second-order valence-corrected chi connectivity index (χ2v) is 3.27. The van der Waals surface area contributed by atoms with Crippen LogP contribution < -0.4 is 5.90 Å². The van der Waals surface area contributed by atoms with E-state index in [1.165, 1.54) is 0 Å². The second-order valence-electron chi connectivity index (χ2n) is 3.27. The summed E-state index contributed by atoms with van der Waals surface area (Å²) in [5, 5.41) is 0. The lowest BCUT2D eigenvalue weighted by Crippen LogP contribution is -2.51.